The minimum absolute atomic E-state index is 0.0501. The number of rotatable bonds is 4. The minimum Gasteiger partial charge on any atom is -0.485 e. The number of carbonyl (C=O) groups excluding carboxylic acids is 1. The van der Waals surface area contributed by atoms with Crippen LogP contribution in [-0.4, -0.2) is 12.4 Å². The molecule has 0 N–H and O–H groups in total. The average Bonchev–Trinajstić information content (AvgIpc) is 3.13. The van der Waals surface area contributed by atoms with Gasteiger partial charge in [-0.1, -0.05) is 30.3 Å². The highest BCUT2D eigenvalue weighted by Gasteiger charge is 2.21. The van der Waals surface area contributed by atoms with E-state index in [1.54, 1.807) is 12.1 Å². The van der Waals surface area contributed by atoms with Gasteiger partial charge in [-0.05, 0) is 43.9 Å². The van der Waals surface area contributed by atoms with Crippen molar-refractivity contribution in [2.24, 2.45) is 0 Å². The van der Waals surface area contributed by atoms with Crippen LogP contribution in [0, 0.1) is 6.92 Å². The van der Waals surface area contributed by atoms with Crippen LogP contribution < -0.4 is 10.4 Å². The van der Waals surface area contributed by atoms with E-state index < -0.39 is 0 Å². The molecule has 1 aliphatic carbocycles. The summed E-state index contributed by atoms with van der Waals surface area (Å²) in [5, 5.41) is 0.978. The molecular formula is C21H18O4. The van der Waals surface area contributed by atoms with Crippen molar-refractivity contribution in [1.29, 1.82) is 0 Å². The van der Waals surface area contributed by atoms with Gasteiger partial charge in [0.05, 0.1) is 0 Å². The quantitative estimate of drug-likeness (QED) is 0.537. The molecule has 4 nitrogen and oxygen atoms in total. The largest absolute Gasteiger partial charge is 0.485 e. The summed E-state index contributed by atoms with van der Waals surface area (Å²) in [5.74, 6) is 0.480. The molecule has 0 bridgehead atoms. The fraction of sp³-hybridized carbons (Fsp3) is 0.238. The van der Waals surface area contributed by atoms with E-state index in [9.17, 15) is 9.59 Å². The summed E-state index contributed by atoms with van der Waals surface area (Å²) >= 11 is 0. The highest BCUT2D eigenvalue weighted by Crippen LogP contribution is 2.33. The maximum Gasteiger partial charge on any atom is 0.339 e. The number of fused-ring (bicyclic) bond motifs is 3. The Morgan fingerprint density at radius 1 is 1.08 bits per heavy atom. The first-order chi connectivity index (χ1) is 12.1. The number of hydrogen-bond donors (Lipinski definition) is 0. The number of ketones is 1. The molecule has 4 heteroatoms. The van der Waals surface area contributed by atoms with Crippen LogP contribution in [0.15, 0.2) is 51.7 Å². The Morgan fingerprint density at radius 3 is 2.64 bits per heavy atom. The lowest BCUT2D eigenvalue weighted by Crippen LogP contribution is -2.12. The minimum atomic E-state index is -0.249. The Kier molecular flexibility index (Phi) is 3.88. The molecule has 0 saturated heterocycles. The van der Waals surface area contributed by atoms with Crippen molar-refractivity contribution in [1.82, 2.24) is 0 Å². The molecule has 25 heavy (non-hydrogen) atoms. The summed E-state index contributed by atoms with van der Waals surface area (Å²) in [6.07, 6.45) is 2.68. The Morgan fingerprint density at radius 2 is 1.84 bits per heavy atom. The van der Waals surface area contributed by atoms with Crippen LogP contribution in [0.25, 0.3) is 11.0 Å². The van der Waals surface area contributed by atoms with E-state index in [4.69, 9.17) is 9.15 Å². The van der Waals surface area contributed by atoms with Gasteiger partial charge >= 0.3 is 5.63 Å². The zero-order valence-corrected chi connectivity index (χ0v) is 14.0. The maximum absolute atomic E-state index is 12.2. The number of hydrogen-bond acceptors (Lipinski definition) is 4. The summed E-state index contributed by atoms with van der Waals surface area (Å²) in [5.41, 5.74) is 3.59. The van der Waals surface area contributed by atoms with E-state index >= 15 is 0 Å². The van der Waals surface area contributed by atoms with Crippen molar-refractivity contribution in [2.75, 3.05) is 6.61 Å². The lowest BCUT2D eigenvalue weighted by Gasteiger charge is -2.12. The van der Waals surface area contributed by atoms with Gasteiger partial charge in [0.25, 0.3) is 0 Å². The van der Waals surface area contributed by atoms with Gasteiger partial charge < -0.3 is 9.15 Å². The molecule has 0 atom stereocenters. The molecule has 126 valence electrons. The second-order valence-corrected chi connectivity index (χ2v) is 6.34. The van der Waals surface area contributed by atoms with Crippen molar-refractivity contribution in [3.8, 4) is 5.75 Å². The summed E-state index contributed by atoms with van der Waals surface area (Å²) in [6.45, 7) is 1.81. The molecule has 0 fully saturated rings. The Balaban J connectivity index is 1.65. The lowest BCUT2D eigenvalue weighted by atomic mass is 10.0. The molecule has 0 unspecified atom stereocenters. The predicted molar refractivity (Wildman–Crippen MR) is 95.5 cm³/mol. The maximum atomic E-state index is 12.2. The third kappa shape index (κ3) is 2.74. The standard InChI is InChI=1S/C21H18O4/c1-13-19(24-12-18(22)14-6-3-2-4-7-14)11-10-16-15-8-5-9-17(15)21(23)25-20(13)16/h2-4,6-7,10-11H,5,8-9,12H2,1H3. The predicted octanol–water partition coefficient (Wildman–Crippen LogP) is 3.85. The van der Waals surface area contributed by atoms with Crippen LogP contribution in [0.2, 0.25) is 0 Å². The summed E-state index contributed by atoms with van der Waals surface area (Å²) < 4.78 is 11.3. The monoisotopic (exact) mass is 334 g/mol. The van der Waals surface area contributed by atoms with Gasteiger partial charge in [-0.25, -0.2) is 4.79 Å². The van der Waals surface area contributed by atoms with Crippen LogP contribution in [0.5, 0.6) is 5.75 Å². The molecular weight excluding hydrogens is 316 g/mol. The van der Waals surface area contributed by atoms with Gasteiger partial charge in [-0.3, -0.25) is 4.79 Å². The SMILES string of the molecule is Cc1c(OCC(=O)c2ccccc2)ccc2c3c(c(=O)oc12)CCC3. The van der Waals surface area contributed by atoms with Crippen LogP contribution in [0.3, 0.4) is 0 Å². The van der Waals surface area contributed by atoms with Gasteiger partial charge in [-0.2, -0.15) is 0 Å². The average molecular weight is 334 g/mol. The first-order valence-corrected chi connectivity index (χ1v) is 8.44. The first kappa shape index (κ1) is 15.6. The fourth-order valence-corrected chi connectivity index (χ4v) is 3.47. The van der Waals surface area contributed by atoms with E-state index in [1.807, 2.05) is 37.3 Å². The van der Waals surface area contributed by atoms with Crippen molar-refractivity contribution >= 4 is 16.8 Å². The van der Waals surface area contributed by atoms with Crippen molar-refractivity contribution < 1.29 is 13.9 Å². The van der Waals surface area contributed by atoms with Crippen molar-refractivity contribution in [3.05, 3.63) is 75.1 Å². The number of carbonyl (C=O) groups is 1. The third-order valence-corrected chi connectivity index (χ3v) is 4.79. The summed E-state index contributed by atoms with van der Waals surface area (Å²) in [6, 6.07) is 12.8. The Hall–Kier alpha value is -2.88. The fourth-order valence-electron chi connectivity index (χ4n) is 3.47. The number of ether oxygens (including phenoxy) is 1. The molecule has 1 aliphatic rings. The van der Waals surface area contributed by atoms with Gasteiger partial charge in [0.1, 0.15) is 11.3 Å². The third-order valence-electron chi connectivity index (χ3n) is 4.79. The van der Waals surface area contributed by atoms with Crippen LogP contribution >= 0.6 is 0 Å². The van der Waals surface area contributed by atoms with E-state index in [-0.39, 0.29) is 18.0 Å². The first-order valence-electron chi connectivity index (χ1n) is 8.44. The molecule has 0 spiro atoms. The second kappa shape index (κ2) is 6.20. The lowest BCUT2D eigenvalue weighted by molar-refractivity contribution is 0.0921. The Bertz CT molecular complexity index is 1020. The molecule has 0 saturated carbocycles. The van der Waals surface area contributed by atoms with Crippen molar-refractivity contribution in [2.45, 2.75) is 26.2 Å². The Labute approximate surface area is 145 Å². The molecule has 0 amide bonds. The van der Waals surface area contributed by atoms with Gasteiger partial charge in [0, 0.05) is 22.1 Å². The molecule has 1 aromatic heterocycles. The molecule has 1 heterocycles. The number of aryl methyl sites for hydroxylation is 2. The number of benzene rings is 2. The normalized spacial score (nSPS) is 13.0. The molecule has 0 radical (unpaired) electrons. The van der Waals surface area contributed by atoms with Gasteiger partial charge in [-0.15, -0.1) is 0 Å². The summed E-state index contributed by atoms with van der Waals surface area (Å²) in [7, 11) is 0. The summed E-state index contributed by atoms with van der Waals surface area (Å²) in [4.78, 5) is 24.4. The topological polar surface area (TPSA) is 56.5 Å². The smallest absolute Gasteiger partial charge is 0.339 e. The van der Waals surface area contributed by atoms with E-state index in [1.165, 1.54) is 0 Å². The van der Waals surface area contributed by atoms with Crippen LogP contribution in [0.1, 0.15) is 33.5 Å². The highest BCUT2D eigenvalue weighted by atomic mass is 16.5. The zero-order chi connectivity index (χ0) is 17.4. The van der Waals surface area contributed by atoms with Crippen molar-refractivity contribution in [3.63, 3.8) is 0 Å². The molecule has 0 aliphatic heterocycles. The van der Waals surface area contributed by atoms with E-state index in [0.29, 0.717) is 16.9 Å². The van der Waals surface area contributed by atoms with Gasteiger partial charge in [0.2, 0.25) is 0 Å². The zero-order valence-electron chi connectivity index (χ0n) is 14.0. The van der Waals surface area contributed by atoms with E-state index in [2.05, 4.69) is 0 Å². The van der Waals surface area contributed by atoms with Crippen LogP contribution in [0.4, 0.5) is 0 Å². The molecule has 3 aromatic rings. The van der Waals surface area contributed by atoms with E-state index in [0.717, 1.165) is 41.3 Å². The van der Waals surface area contributed by atoms with Crippen LogP contribution in [-0.2, 0) is 12.8 Å². The molecule has 4 rings (SSSR count). The van der Waals surface area contributed by atoms with Gasteiger partial charge in [0.15, 0.2) is 12.4 Å². The number of Topliss-reactive ketones (excluding diaryl/α,β-unsaturated/α-hetero) is 1. The second-order valence-electron chi connectivity index (χ2n) is 6.34. The molecule has 2 aromatic carbocycles. The highest BCUT2D eigenvalue weighted by molar-refractivity contribution is 5.97.